The topological polar surface area (TPSA) is 92.8 Å². The van der Waals surface area contributed by atoms with E-state index in [9.17, 15) is 22.4 Å². The minimum absolute atomic E-state index is 0.106. The highest BCUT2D eigenvalue weighted by Gasteiger charge is 2.16. The molecular formula is C19H21FN2O5S. The second-order valence-electron chi connectivity index (χ2n) is 6.07. The van der Waals surface area contributed by atoms with Crippen LogP contribution in [0.3, 0.4) is 0 Å². The monoisotopic (exact) mass is 408 g/mol. The number of hydrogen-bond acceptors (Lipinski definition) is 5. The Morgan fingerprint density at radius 2 is 1.86 bits per heavy atom. The smallest absolute Gasteiger partial charge is 0.338 e. The third-order valence-corrected chi connectivity index (χ3v) is 4.33. The molecule has 9 heteroatoms. The van der Waals surface area contributed by atoms with E-state index in [2.05, 4.69) is 4.72 Å². The van der Waals surface area contributed by atoms with Gasteiger partial charge >= 0.3 is 5.97 Å². The van der Waals surface area contributed by atoms with Gasteiger partial charge < -0.3 is 9.64 Å². The number of anilines is 1. The number of rotatable bonds is 8. The Bertz CT molecular complexity index is 962. The highest BCUT2D eigenvalue weighted by Crippen LogP contribution is 2.13. The summed E-state index contributed by atoms with van der Waals surface area (Å²) in [5.74, 6) is -1.58. The molecule has 0 unspecified atom stereocenters. The molecule has 0 aliphatic carbocycles. The molecule has 2 aromatic carbocycles. The fourth-order valence-corrected chi connectivity index (χ4v) is 3.01. The van der Waals surface area contributed by atoms with Gasteiger partial charge in [-0.1, -0.05) is 18.2 Å². The lowest BCUT2D eigenvalue weighted by Gasteiger charge is -2.21. The predicted octanol–water partition coefficient (Wildman–Crippen LogP) is 2.40. The zero-order valence-corrected chi connectivity index (χ0v) is 16.3. The highest BCUT2D eigenvalue weighted by molar-refractivity contribution is 7.92. The van der Waals surface area contributed by atoms with E-state index >= 15 is 0 Å². The van der Waals surface area contributed by atoms with Gasteiger partial charge in [0.15, 0.2) is 6.61 Å². The molecule has 1 amide bonds. The van der Waals surface area contributed by atoms with Crippen molar-refractivity contribution in [3.05, 3.63) is 65.5 Å². The van der Waals surface area contributed by atoms with Gasteiger partial charge in [0.25, 0.3) is 5.91 Å². The maximum atomic E-state index is 13.3. The quantitative estimate of drug-likeness (QED) is 0.677. The molecule has 0 radical (unpaired) electrons. The van der Waals surface area contributed by atoms with Crippen LogP contribution < -0.4 is 4.72 Å². The third kappa shape index (κ3) is 6.66. The average molecular weight is 408 g/mol. The van der Waals surface area contributed by atoms with Gasteiger partial charge in [-0.2, -0.15) is 0 Å². The molecule has 0 spiro atoms. The molecule has 2 rings (SSSR count). The maximum absolute atomic E-state index is 13.3. The van der Waals surface area contributed by atoms with E-state index in [4.69, 9.17) is 4.74 Å². The van der Waals surface area contributed by atoms with Crippen LogP contribution in [0.2, 0.25) is 0 Å². The summed E-state index contributed by atoms with van der Waals surface area (Å²) < 4.78 is 43.1. The average Bonchev–Trinajstić information content (AvgIpc) is 2.62. The molecule has 150 valence electrons. The molecule has 0 heterocycles. The summed E-state index contributed by atoms with van der Waals surface area (Å²) in [4.78, 5) is 25.9. The number of benzene rings is 2. The summed E-state index contributed by atoms with van der Waals surface area (Å²) >= 11 is 0. The van der Waals surface area contributed by atoms with Crippen molar-refractivity contribution in [3.8, 4) is 0 Å². The minimum Gasteiger partial charge on any atom is -0.452 e. The molecule has 0 aliphatic heterocycles. The number of ether oxygens (including phenoxy) is 1. The van der Waals surface area contributed by atoms with E-state index < -0.39 is 34.3 Å². The molecule has 28 heavy (non-hydrogen) atoms. The van der Waals surface area contributed by atoms with E-state index in [1.54, 1.807) is 19.1 Å². The Morgan fingerprint density at radius 3 is 2.50 bits per heavy atom. The van der Waals surface area contributed by atoms with Crippen molar-refractivity contribution in [1.29, 1.82) is 0 Å². The number of amides is 1. The van der Waals surface area contributed by atoms with Crippen molar-refractivity contribution < 1.29 is 27.1 Å². The molecule has 7 nitrogen and oxygen atoms in total. The fraction of sp³-hybridized carbons (Fsp3) is 0.263. The molecule has 0 atom stereocenters. The van der Waals surface area contributed by atoms with Crippen molar-refractivity contribution in [2.24, 2.45) is 0 Å². The largest absolute Gasteiger partial charge is 0.452 e. The third-order valence-electron chi connectivity index (χ3n) is 3.73. The van der Waals surface area contributed by atoms with Crippen LogP contribution in [0.4, 0.5) is 10.1 Å². The number of esters is 1. The summed E-state index contributed by atoms with van der Waals surface area (Å²) in [6.07, 6.45) is 0.995. The van der Waals surface area contributed by atoms with Crippen molar-refractivity contribution in [2.45, 2.75) is 13.5 Å². The van der Waals surface area contributed by atoms with Crippen molar-refractivity contribution in [1.82, 2.24) is 4.90 Å². The molecular weight excluding hydrogens is 387 g/mol. The molecule has 0 saturated heterocycles. The first-order valence-electron chi connectivity index (χ1n) is 8.45. The zero-order chi connectivity index (χ0) is 20.7. The summed E-state index contributed by atoms with van der Waals surface area (Å²) in [7, 11) is -3.48. The first-order chi connectivity index (χ1) is 13.2. The van der Waals surface area contributed by atoms with Gasteiger partial charge in [0.1, 0.15) is 5.82 Å². The number of nitrogens with zero attached hydrogens (tertiary/aromatic N) is 1. The van der Waals surface area contributed by atoms with Crippen LogP contribution in [-0.4, -0.2) is 44.6 Å². The van der Waals surface area contributed by atoms with Gasteiger partial charge in [-0.3, -0.25) is 9.52 Å². The van der Waals surface area contributed by atoms with E-state index in [-0.39, 0.29) is 17.8 Å². The normalized spacial score (nSPS) is 11.0. The maximum Gasteiger partial charge on any atom is 0.338 e. The Labute approximate surface area is 163 Å². The van der Waals surface area contributed by atoms with Crippen LogP contribution in [0.5, 0.6) is 0 Å². The standard InChI is InChI=1S/C19H21FN2O5S/c1-3-22(12-14-6-4-8-16(20)10-14)18(23)13-27-19(24)15-7-5-9-17(11-15)21-28(2,25)26/h4-11,21H,3,12-13H2,1-2H3. The van der Waals surface area contributed by atoms with E-state index in [1.165, 1.54) is 41.3 Å². The first kappa shape index (κ1) is 21.4. The molecule has 0 aromatic heterocycles. The van der Waals surface area contributed by atoms with Gasteiger partial charge in [-0.05, 0) is 42.8 Å². The Morgan fingerprint density at radius 1 is 1.14 bits per heavy atom. The number of likely N-dealkylation sites (N-methyl/N-ethyl adjacent to an activating group) is 1. The first-order valence-corrected chi connectivity index (χ1v) is 10.3. The van der Waals surface area contributed by atoms with Gasteiger partial charge in [-0.15, -0.1) is 0 Å². The number of sulfonamides is 1. The van der Waals surface area contributed by atoms with Crippen LogP contribution >= 0.6 is 0 Å². The SMILES string of the molecule is CCN(Cc1cccc(F)c1)C(=O)COC(=O)c1cccc(NS(C)(=O)=O)c1. The van der Waals surface area contributed by atoms with E-state index in [0.29, 0.717) is 12.1 Å². The number of nitrogens with one attached hydrogen (secondary N) is 1. The van der Waals surface area contributed by atoms with E-state index in [0.717, 1.165) is 6.26 Å². The molecule has 0 fully saturated rings. The van der Waals surface area contributed by atoms with Crippen LogP contribution in [0.25, 0.3) is 0 Å². The fourth-order valence-electron chi connectivity index (χ4n) is 2.46. The van der Waals surface area contributed by atoms with Crippen molar-refractivity contribution in [3.63, 3.8) is 0 Å². The Kier molecular flexibility index (Phi) is 7.11. The number of carbonyl (C=O) groups excluding carboxylic acids is 2. The number of carbonyl (C=O) groups is 2. The van der Waals surface area contributed by atoms with E-state index in [1.807, 2.05) is 0 Å². The van der Waals surface area contributed by atoms with Gasteiger partial charge in [0.05, 0.1) is 11.8 Å². The van der Waals surface area contributed by atoms with Gasteiger partial charge in [-0.25, -0.2) is 17.6 Å². The molecule has 0 saturated carbocycles. The number of halogens is 1. The summed E-state index contributed by atoms with van der Waals surface area (Å²) in [5, 5.41) is 0. The van der Waals surface area contributed by atoms with Gasteiger partial charge in [0.2, 0.25) is 10.0 Å². The highest BCUT2D eigenvalue weighted by atomic mass is 32.2. The molecule has 0 bridgehead atoms. The molecule has 0 aliphatic rings. The Balaban J connectivity index is 1.97. The van der Waals surface area contributed by atoms with Crippen molar-refractivity contribution in [2.75, 3.05) is 24.1 Å². The van der Waals surface area contributed by atoms with Crippen LogP contribution in [0, 0.1) is 5.82 Å². The molecule has 1 N–H and O–H groups in total. The Hall–Kier alpha value is -2.94. The second kappa shape index (κ2) is 9.32. The van der Waals surface area contributed by atoms with Crippen LogP contribution in [-0.2, 0) is 26.1 Å². The van der Waals surface area contributed by atoms with Crippen LogP contribution in [0.15, 0.2) is 48.5 Å². The summed E-state index contributed by atoms with van der Waals surface area (Å²) in [6.45, 7) is 1.84. The second-order valence-corrected chi connectivity index (χ2v) is 7.82. The lowest BCUT2D eigenvalue weighted by atomic mass is 10.2. The predicted molar refractivity (Wildman–Crippen MR) is 103 cm³/mol. The lowest BCUT2D eigenvalue weighted by Crippen LogP contribution is -2.34. The zero-order valence-electron chi connectivity index (χ0n) is 15.5. The molecule has 2 aromatic rings. The lowest BCUT2D eigenvalue weighted by molar-refractivity contribution is -0.134. The van der Waals surface area contributed by atoms with Crippen molar-refractivity contribution >= 4 is 27.6 Å². The summed E-state index contributed by atoms with van der Waals surface area (Å²) in [5.41, 5.74) is 0.945. The van der Waals surface area contributed by atoms with Crippen LogP contribution in [0.1, 0.15) is 22.8 Å². The minimum atomic E-state index is -3.48. The number of hydrogen-bond donors (Lipinski definition) is 1. The summed E-state index contributed by atoms with van der Waals surface area (Å²) in [6, 6.07) is 11.7. The van der Waals surface area contributed by atoms with Gasteiger partial charge in [0, 0.05) is 18.8 Å².